The molecule has 8 heteroatoms. The van der Waals surface area contributed by atoms with E-state index in [1.165, 1.54) is 0 Å². The van der Waals surface area contributed by atoms with Crippen LogP contribution in [-0.4, -0.2) is 46.4 Å². The van der Waals surface area contributed by atoms with Crippen molar-refractivity contribution in [3.05, 3.63) is 11.7 Å². The largest absolute Gasteiger partial charge is 0.393 e. The molecule has 1 saturated carbocycles. The zero-order valence-corrected chi connectivity index (χ0v) is 15.5. The fourth-order valence-electron chi connectivity index (χ4n) is 2.44. The van der Waals surface area contributed by atoms with Crippen LogP contribution in [0.3, 0.4) is 0 Å². The summed E-state index contributed by atoms with van der Waals surface area (Å²) in [4.78, 5) is 8.70. The summed E-state index contributed by atoms with van der Waals surface area (Å²) < 4.78 is 5.07. The van der Waals surface area contributed by atoms with Crippen LogP contribution in [0, 0.1) is 6.92 Å². The molecule has 1 aromatic heterocycles. The number of halogens is 1. The molecule has 126 valence electrons. The summed E-state index contributed by atoms with van der Waals surface area (Å²) >= 11 is 0. The Morgan fingerprint density at radius 1 is 1.36 bits per heavy atom. The first-order valence-electron chi connectivity index (χ1n) is 7.69. The monoisotopic (exact) mass is 423 g/mol. The normalized spacial score (nSPS) is 22.0. The van der Waals surface area contributed by atoms with Crippen molar-refractivity contribution >= 4 is 29.9 Å². The highest BCUT2D eigenvalue weighted by Gasteiger charge is 2.19. The van der Waals surface area contributed by atoms with Gasteiger partial charge >= 0.3 is 0 Å². The fourth-order valence-corrected chi connectivity index (χ4v) is 2.44. The average Bonchev–Trinajstić information content (AvgIpc) is 2.87. The first-order chi connectivity index (χ1) is 10.2. The lowest BCUT2D eigenvalue weighted by Gasteiger charge is -2.27. The van der Waals surface area contributed by atoms with Crippen LogP contribution in [0.25, 0.3) is 0 Å². The molecule has 7 nitrogen and oxygen atoms in total. The maximum Gasteiger partial charge on any atom is 0.228 e. The molecule has 1 aromatic rings. The van der Waals surface area contributed by atoms with Gasteiger partial charge in [-0.15, -0.1) is 24.0 Å². The van der Waals surface area contributed by atoms with Crippen molar-refractivity contribution in [2.75, 3.05) is 13.1 Å². The van der Waals surface area contributed by atoms with E-state index in [0.717, 1.165) is 38.2 Å². The second-order valence-electron chi connectivity index (χ2n) is 5.40. The van der Waals surface area contributed by atoms with Crippen molar-refractivity contribution in [3.63, 3.8) is 0 Å². The molecule has 1 heterocycles. The lowest BCUT2D eigenvalue weighted by Crippen LogP contribution is -2.45. The topological polar surface area (TPSA) is 95.6 Å². The lowest BCUT2D eigenvalue weighted by atomic mass is 9.93. The zero-order valence-electron chi connectivity index (χ0n) is 13.2. The lowest BCUT2D eigenvalue weighted by molar-refractivity contribution is 0.120. The number of aliphatic hydroxyl groups excluding tert-OH is 1. The maximum atomic E-state index is 9.54. The summed E-state index contributed by atoms with van der Waals surface area (Å²) in [5.74, 6) is 2.09. The van der Waals surface area contributed by atoms with E-state index in [2.05, 4.69) is 25.8 Å². The first kappa shape index (κ1) is 19.1. The predicted molar refractivity (Wildman–Crippen MR) is 95.5 cm³/mol. The minimum absolute atomic E-state index is 0. The van der Waals surface area contributed by atoms with Gasteiger partial charge in [0, 0.05) is 19.0 Å². The van der Waals surface area contributed by atoms with Crippen molar-refractivity contribution in [2.45, 2.75) is 58.1 Å². The van der Waals surface area contributed by atoms with Gasteiger partial charge in [0.1, 0.15) is 0 Å². The summed E-state index contributed by atoms with van der Waals surface area (Å²) in [7, 11) is 0. The van der Waals surface area contributed by atoms with E-state index in [1.54, 1.807) is 6.92 Å². The zero-order chi connectivity index (χ0) is 15.1. The van der Waals surface area contributed by atoms with E-state index in [9.17, 15) is 5.11 Å². The predicted octanol–water partition coefficient (Wildman–Crippen LogP) is 1.40. The Labute approximate surface area is 148 Å². The molecule has 0 radical (unpaired) electrons. The molecule has 0 amide bonds. The molecule has 1 fully saturated rings. The molecule has 1 aliphatic rings. The third-order valence-electron chi connectivity index (χ3n) is 3.55. The van der Waals surface area contributed by atoms with Crippen molar-refractivity contribution in [3.8, 4) is 0 Å². The number of aromatic nitrogens is 2. The van der Waals surface area contributed by atoms with Gasteiger partial charge in [0.15, 0.2) is 11.8 Å². The molecule has 0 atom stereocenters. The van der Waals surface area contributed by atoms with Crippen molar-refractivity contribution in [1.29, 1.82) is 0 Å². The molecule has 0 bridgehead atoms. The Morgan fingerprint density at radius 3 is 2.68 bits per heavy atom. The number of aryl methyl sites for hydroxylation is 1. The number of nitrogens with zero attached hydrogens (tertiary/aromatic N) is 3. The van der Waals surface area contributed by atoms with Crippen LogP contribution >= 0.6 is 24.0 Å². The Bertz CT molecular complexity index is 458. The van der Waals surface area contributed by atoms with Crippen molar-refractivity contribution in [1.82, 2.24) is 20.8 Å². The van der Waals surface area contributed by atoms with Gasteiger partial charge < -0.3 is 20.3 Å². The third kappa shape index (κ3) is 6.47. The van der Waals surface area contributed by atoms with E-state index in [0.29, 0.717) is 30.7 Å². The Kier molecular flexibility index (Phi) is 8.69. The van der Waals surface area contributed by atoms with Gasteiger partial charge in [-0.2, -0.15) is 4.98 Å². The summed E-state index contributed by atoms with van der Waals surface area (Å²) in [6, 6.07) is 0.386. The number of hydrogen-bond donors (Lipinski definition) is 3. The average molecular weight is 423 g/mol. The Balaban J connectivity index is 0.00000242. The summed E-state index contributed by atoms with van der Waals surface area (Å²) in [6.45, 7) is 5.27. The number of aliphatic imine (C=N–C) groups is 1. The summed E-state index contributed by atoms with van der Waals surface area (Å²) in [5, 5.41) is 20.0. The van der Waals surface area contributed by atoms with Crippen LogP contribution in [0.1, 0.15) is 44.3 Å². The van der Waals surface area contributed by atoms with Crippen molar-refractivity contribution < 1.29 is 9.63 Å². The van der Waals surface area contributed by atoms with Crippen LogP contribution in [0.2, 0.25) is 0 Å². The molecule has 22 heavy (non-hydrogen) atoms. The number of hydrogen-bond acceptors (Lipinski definition) is 5. The second kappa shape index (κ2) is 9.98. The third-order valence-corrected chi connectivity index (χ3v) is 3.55. The number of nitrogens with one attached hydrogen (secondary N) is 2. The van der Waals surface area contributed by atoms with E-state index >= 15 is 0 Å². The van der Waals surface area contributed by atoms with Gasteiger partial charge in [0.2, 0.25) is 5.89 Å². The van der Waals surface area contributed by atoms with E-state index < -0.39 is 0 Å². The highest BCUT2D eigenvalue weighted by Crippen LogP contribution is 2.18. The molecule has 1 aliphatic carbocycles. The molecule has 0 aromatic carbocycles. The summed E-state index contributed by atoms with van der Waals surface area (Å²) in [5.41, 5.74) is 0. The van der Waals surface area contributed by atoms with E-state index in [4.69, 9.17) is 4.52 Å². The van der Waals surface area contributed by atoms with Gasteiger partial charge in [0.05, 0.1) is 12.6 Å². The highest BCUT2D eigenvalue weighted by atomic mass is 127. The van der Waals surface area contributed by atoms with Crippen molar-refractivity contribution in [2.24, 2.45) is 4.99 Å². The van der Waals surface area contributed by atoms with Crippen LogP contribution in [0.5, 0.6) is 0 Å². The molecule has 0 spiro atoms. The second-order valence-corrected chi connectivity index (χ2v) is 5.40. The van der Waals surface area contributed by atoms with Crippen LogP contribution in [0.15, 0.2) is 9.52 Å². The minimum atomic E-state index is -0.136. The Hall–Kier alpha value is -0.900. The smallest absolute Gasteiger partial charge is 0.228 e. The molecule has 2 rings (SSSR count). The van der Waals surface area contributed by atoms with Gasteiger partial charge in [-0.05, 0) is 39.5 Å². The van der Waals surface area contributed by atoms with Gasteiger partial charge in [0.25, 0.3) is 0 Å². The fraction of sp³-hybridized carbons (Fsp3) is 0.786. The van der Waals surface area contributed by atoms with Crippen LogP contribution in [-0.2, 0) is 6.42 Å². The van der Waals surface area contributed by atoms with Gasteiger partial charge in [-0.25, -0.2) is 0 Å². The first-order valence-corrected chi connectivity index (χ1v) is 7.69. The molecule has 0 aliphatic heterocycles. The quantitative estimate of drug-likeness (QED) is 0.377. The van der Waals surface area contributed by atoms with E-state index in [1.807, 2.05) is 6.92 Å². The van der Waals surface area contributed by atoms with Gasteiger partial charge in [-0.1, -0.05) is 5.16 Å². The molecule has 3 N–H and O–H groups in total. The standard InChI is InChI=1S/C14H25N5O2.HI/c1-3-15-14(18-11-4-6-12(20)7-5-11)16-9-8-13-17-10(2)19-21-13;/h11-12,20H,3-9H2,1-2H3,(H2,15,16,18);1H. The maximum absolute atomic E-state index is 9.54. The van der Waals surface area contributed by atoms with Crippen LogP contribution < -0.4 is 10.6 Å². The van der Waals surface area contributed by atoms with Gasteiger partial charge in [-0.3, -0.25) is 4.99 Å². The van der Waals surface area contributed by atoms with E-state index in [-0.39, 0.29) is 30.1 Å². The number of aliphatic hydroxyl groups is 1. The number of guanidine groups is 1. The summed E-state index contributed by atoms with van der Waals surface area (Å²) in [6.07, 6.45) is 4.18. The highest BCUT2D eigenvalue weighted by molar-refractivity contribution is 14.0. The Morgan fingerprint density at radius 2 is 2.09 bits per heavy atom. The minimum Gasteiger partial charge on any atom is -0.393 e. The molecule has 0 unspecified atom stereocenters. The number of rotatable bonds is 5. The molecular weight excluding hydrogens is 397 g/mol. The molecular formula is C14H26IN5O2. The van der Waals surface area contributed by atoms with Crippen LogP contribution in [0.4, 0.5) is 0 Å². The molecule has 0 saturated heterocycles. The SMILES string of the molecule is CCNC(=NCCc1nc(C)no1)NC1CCC(O)CC1.I.